The smallest absolute Gasteiger partial charge is 0.211 e. The molecule has 5 nitrogen and oxygen atoms in total. The predicted octanol–water partition coefficient (Wildman–Crippen LogP) is 3.36. The minimum Gasteiger partial charge on any atom is -0.278 e. The fraction of sp³-hybridized carbons (Fsp3) is 0.611. The van der Waals surface area contributed by atoms with Crippen LogP contribution in [-0.4, -0.2) is 42.3 Å². The van der Waals surface area contributed by atoms with Crippen molar-refractivity contribution in [3.63, 3.8) is 0 Å². The number of aromatic nitrogens is 2. The van der Waals surface area contributed by atoms with Gasteiger partial charge in [0, 0.05) is 18.5 Å². The molecule has 4 rings (SSSR count). The number of fused-ring (bicyclic) bond motifs is 1. The molecule has 130 valence electrons. The zero-order valence-electron chi connectivity index (χ0n) is 14.2. The Morgan fingerprint density at radius 3 is 2.46 bits per heavy atom. The van der Waals surface area contributed by atoms with Crippen molar-refractivity contribution in [2.24, 2.45) is 0 Å². The summed E-state index contributed by atoms with van der Waals surface area (Å²) in [5.74, 6) is 1.09. The van der Waals surface area contributed by atoms with E-state index >= 15 is 0 Å². The van der Waals surface area contributed by atoms with Crippen molar-refractivity contribution in [2.45, 2.75) is 50.4 Å². The van der Waals surface area contributed by atoms with E-state index in [1.54, 1.807) is 4.31 Å². The molecule has 1 aliphatic heterocycles. The van der Waals surface area contributed by atoms with Crippen LogP contribution in [-0.2, 0) is 10.0 Å². The fourth-order valence-electron chi connectivity index (χ4n) is 4.43. The highest BCUT2D eigenvalue weighted by molar-refractivity contribution is 7.88. The summed E-state index contributed by atoms with van der Waals surface area (Å²) in [6.07, 6.45) is 10.2. The Morgan fingerprint density at radius 1 is 1.08 bits per heavy atom. The molecule has 2 heterocycles. The third-order valence-electron chi connectivity index (χ3n) is 5.80. The lowest BCUT2D eigenvalue weighted by Crippen LogP contribution is -2.37. The van der Waals surface area contributed by atoms with Gasteiger partial charge in [-0.1, -0.05) is 18.9 Å². The average molecular weight is 347 g/mol. The van der Waals surface area contributed by atoms with E-state index in [-0.39, 0.29) is 0 Å². The standard InChI is InChI=1S/C18H25N3O2S/c1-24(22,23)21-8-6-14(7-9-21)16-10-15(13-4-2-3-5-13)11-18-17(16)12-19-20-18/h10-14H,2-9H2,1H3,(H,19,20). The van der Waals surface area contributed by atoms with Crippen LogP contribution in [0, 0.1) is 0 Å². The van der Waals surface area contributed by atoms with E-state index in [1.165, 1.54) is 48.5 Å². The molecule has 1 saturated heterocycles. The number of hydrogen-bond acceptors (Lipinski definition) is 3. The fourth-order valence-corrected chi connectivity index (χ4v) is 5.31. The Bertz CT molecular complexity index is 829. The maximum atomic E-state index is 11.7. The van der Waals surface area contributed by atoms with Gasteiger partial charge in [-0.2, -0.15) is 5.10 Å². The molecule has 0 amide bonds. The van der Waals surface area contributed by atoms with Crippen LogP contribution in [0.25, 0.3) is 10.9 Å². The van der Waals surface area contributed by atoms with Gasteiger partial charge in [-0.15, -0.1) is 0 Å². The van der Waals surface area contributed by atoms with E-state index < -0.39 is 10.0 Å². The summed E-state index contributed by atoms with van der Waals surface area (Å²) in [5.41, 5.74) is 3.92. The van der Waals surface area contributed by atoms with Crippen molar-refractivity contribution in [1.29, 1.82) is 0 Å². The van der Waals surface area contributed by atoms with Crippen LogP contribution >= 0.6 is 0 Å². The Labute approximate surface area is 143 Å². The molecule has 24 heavy (non-hydrogen) atoms. The normalized spacial score (nSPS) is 21.7. The summed E-state index contributed by atoms with van der Waals surface area (Å²) in [4.78, 5) is 0. The SMILES string of the molecule is CS(=O)(=O)N1CCC(c2cc(C3CCCC3)cc3[nH]ncc23)CC1. The highest BCUT2D eigenvalue weighted by Gasteiger charge is 2.28. The zero-order valence-corrected chi connectivity index (χ0v) is 15.0. The van der Waals surface area contributed by atoms with E-state index in [9.17, 15) is 8.42 Å². The average Bonchev–Trinajstić information content (AvgIpc) is 3.24. The molecule has 1 N–H and O–H groups in total. The van der Waals surface area contributed by atoms with Gasteiger partial charge in [-0.25, -0.2) is 12.7 Å². The molecule has 2 aliphatic rings. The second-order valence-electron chi connectivity index (χ2n) is 7.36. The number of aromatic amines is 1. The molecule has 1 aromatic heterocycles. The number of benzene rings is 1. The van der Waals surface area contributed by atoms with Gasteiger partial charge >= 0.3 is 0 Å². The molecular weight excluding hydrogens is 322 g/mol. The van der Waals surface area contributed by atoms with Crippen LogP contribution < -0.4 is 0 Å². The van der Waals surface area contributed by atoms with Crippen molar-refractivity contribution < 1.29 is 8.42 Å². The van der Waals surface area contributed by atoms with Gasteiger partial charge in [0.05, 0.1) is 18.0 Å². The van der Waals surface area contributed by atoms with Crippen molar-refractivity contribution >= 4 is 20.9 Å². The number of sulfonamides is 1. The van der Waals surface area contributed by atoms with Crippen LogP contribution in [0.3, 0.4) is 0 Å². The first kappa shape index (κ1) is 16.1. The van der Waals surface area contributed by atoms with E-state index in [4.69, 9.17) is 0 Å². The number of piperidine rings is 1. The molecule has 2 fully saturated rings. The third kappa shape index (κ3) is 2.97. The third-order valence-corrected chi connectivity index (χ3v) is 7.11. The molecular formula is C18H25N3O2S. The summed E-state index contributed by atoms with van der Waals surface area (Å²) >= 11 is 0. The zero-order chi connectivity index (χ0) is 16.7. The molecule has 0 spiro atoms. The first-order valence-corrected chi connectivity index (χ1v) is 10.8. The summed E-state index contributed by atoms with van der Waals surface area (Å²) in [7, 11) is -3.07. The molecule has 1 aromatic carbocycles. The van der Waals surface area contributed by atoms with Gasteiger partial charge < -0.3 is 0 Å². The second-order valence-corrected chi connectivity index (χ2v) is 9.34. The van der Waals surface area contributed by atoms with Crippen LogP contribution in [0.4, 0.5) is 0 Å². The highest BCUT2D eigenvalue weighted by Crippen LogP contribution is 2.39. The quantitative estimate of drug-likeness (QED) is 0.926. The van der Waals surface area contributed by atoms with Crippen molar-refractivity contribution in [1.82, 2.24) is 14.5 Å². The topological polar surface area (TPSA) is 66.1 Å². The van der Waals surface area contributed by atoms with Crippen molar-refractivity contribution in [3.8, 4) is 0 Å². The maximum Gasteiger partial charge on any atom is 0.211 e. The first-order valence-electron chi connectivity index (χ1n) is 8.94. The Balaban J connectivity index is 1.65. The molecule has 0 atom stereocenters. The van der Waals surface area contributed by atoms with Gasteiger partial charge in [0.1, 0.15) is 0 Å². The lowest BCUT2D eigenvalue weighted by molar-refractivity contribution is 0.322. The first-order chi connectivity index (χ1) is 11.5. The molecule has 6 heteroatoms. The van der Waals surface area contributed by atoms with Crippen LogP contribution in [0.2, 0.25) is 0 Å². The summed E-state index contributed by atoms with van der Waals surface area (Å²) in [6, 6.07) is 4.65. The molecule has 0 bridgehead atoms. The monoisotopic (exact) mass is 347 g/mol. The van der Waals surface area contributed by atoms with Gasteiger partial charge in [-0.3, -0.25) is 5.10 Å². The van der Waals surface area contributed by atoms with Gasteiger partial charge in [0.2, 0.25) is 10.0 Å². The summed E-state index contributed by atoms with van der Waals surface area (Å²) < 4.78 is 25.1. The van der Waals surface area contributed by atoms with Crippen molar-refractivity contribution in [2.75, 3.05) is 19.3 Å². The van der Waals surface area contributed by atoms with Gasteiger partial charge in [-0.05, 0) is 54.7 Å². The molecule has 2 aromatic rings. The molecule has 1 aliphatic carbocycles. The van der Waals surface area contributed by atoms with Crippen LogP contribution in [0.15, 0.2) is 18.3 Å². The van der Waals surface area contributed by atoms with E-state index in [0.29, 0.717) is 24.9 Å². The molecule has 1 saturated carbocycles. The second kappa shape index (κ2) is 6.15. The number of H-pyrrole nitrogens is 1. The molecule has 0 unspecified atom stereocenters. The van der Waals surface area contributed by atoms with E-state index in [1.807, 2.05) is 6.20 Å². The lowest BCUT2D eigenvalue weighted by Gasteiger charge is -2.31. The minimum absolute atomic E-state index is 0.421. The minimum atomic E-state index is -3.07. The Kier molecular flexibility index (Phi) is 4.12. The summed E-state index contributed by atoms with van der Waals surface area (Å²) in [6.45, 7) is 1.24. The Morgan fingerprint density at radius 2 is 1.79 bits per heavy atom. The largest absolute Gasteiger partial charge is 0.278 e. The number of hydrogen-bond donors (Lipinski definition) is 1. The summed E-state index contributed by atoms with van der Waals surface area (Å²) in [5, 5.41) is 8.59. The number of rotatable bonds is 3. The highest BCUT2D eigenvalue weighted by atomic mass is 32.2. The molecule has 0 radical (unpaired) electrons. The number of nitrogens with one attached hydrogen (secondary N) is 1. The van der Waals surface area contributed by atoms with E-state index in [2.05, 4.69) is 22.3 Å². The van der Waals surface area contributed by atoms with E-state index in [0.717, 1.165) is 18.4 Å². The number of nitrogens with zero attached hydrogens (tertiary/aromatic N) is 2. The van der Waals surface area contributed by atoms with Crippen LogP contribution in [0.1, 0.15) is 61.5 Å². The van der Waals surface area contributed by atoms with Gasteiger partial charge in [0.15, 0.2) is 0 Å². The maximum absolute atomic E-state index is 11.7. The van der Waals surface area contributed by atoms with Crippen molar-refractivity contribution in [3.05, 3.63) is 29.5 Å². The van der Waals surface area contributed by atoms with Crippen LogP contribution in [0.5, 0.6) is 0 Å². The van der Waals surface area contributed by atoms with Gasteiger partial charge in [0.25, 0.3) is 0 Å². The Hall–Kier alpha value is -1.40. The lowest BCUT2D eigenvalue weighted by atomic mass is 9.85. The predicted molar refractivity (Wildman–Crippen MR) is 95.7 cm³/mol.